The Hall–Kier alpha value is -0.460. The molecular weight excluding hydrogens is 285 g/mol. The Morgan fingerprint density at radius 1 is 1.47 bits per heavy atom. The monoisotopic (exact) mass is 295 g/mol. The summed E-state index contributed by atoms with van der Waals surface area (Å²) in [6.07, 6.45) is 1.64. The van der Waals surface area contributed by atoms with Gasteiger partial charge in [-0.25, -0.2) is 17.5 Å². The topological polar surface area (TPSA) is 46.2 Å². The molecule has 0 aliphatic rings. The number of hydrogen-bond donors (Lipinski definition) is 1. The molecule has 15 heavy (non-hydrogen) atoms. The van der Waals surface area contributed by atoms with Crippen molar-refractivity contribution >= 4 is 26.0 Å². The molecule has 0 bridgehead atoms. The van der Waals surface area contributed by atoms with E-state index in [2.05, 4.69) is 20.7 Å². The summed E-state index contributed by atoms with van der Waals surface area (Å²) >= 11 is 3.06. The van der Waals surface area contributed by atoms with Crippen molar-refractivity contribution in [1.29, 1.82) is 0 Å². The van der Waals surface area contributed by atoms with Crippen LogP contribution in [-0.4, -0.2) is 21.2 Å². The predicted molar refractivity (Wildman–Crippen MR) is 60.7 cm³/mol. The van der Waals surface area contributed by atoms with Crippen molar-refractivity contribution in [2.24, 2.45) is 0 Å². The maximum Gasteiger partial charge on any atom is 0.208 e. The minimum absolute atomic E-state index is 0.316. The van der Waals surface area contributed by atoms with Gasteiger partial charge in [0.05, 0.1) is 10.7 Å². The minimum atomic E-state index is -3.15. The van der Waals surface area contributed by atoms with Crippen LogP contribution in [-0.2, 0) is 16.4 Å². The molecule has 0 unspecified atom stereocenters. The fourth-order valence-corrected chi connectivity index (χ4v) is 1.97. The Morgan fingerprint density at radius 3 is 2.67 bits per heavy atom. The predicted octanol–water partition coefficient (Wildman–Crippen LogP) is 1.68. The maximum atomic E-state index is 12.9. The molecule has 0 atom stereocenters. The van der Waals surface area contributed by atoms with Gasteiger partial charge >= 0.3 is 0 Å². The molecule has 6 heteroatoms. The van der Waals surface area contributed by atoms with Crippen molar-refractivity contribution in [3.8, 4) is 0 Å². The summed E-state index contributed by atoms with van der Waals surface area (Å²) in [5, 5.41) is 0. The van der Waals surface area contributed by atoms with Crippen LogP contribution in [0.5, 0.6) is 0 Å². The lowest BCUT2D eigenvalue weighted by atomic mass is 10.1. The van der Waals surface area contributed by atoms with Crippen molar-refractivity contribution in [3.63, 3.8) is 0 Å². The summed E-state index contributed by atoms with van der Waals surface area (Å²) in [6.45, 7) is 0.316. The molecule has 1 aromatic carbocycles. The van der Waals surface area contributed by atoms with Crippen LogP contribution in [0.1, 0.15) is 5.56 Å². The van der Waals surface area contributed by atoms with Crippen molar-refractivity contribution in [1.82, 2.24) is 4.72 Å². The molecule has 84 valence electrons. The van der Waals surface area contributed by atoms with Gasteiger partial charge in [0.25, 0.3) is 0 Å². The van der Waals surface area contributed by atoms with Crippen LogP contribution in [0.4, 0.5) is 4.39 Å². The van der Waals surface area contributed by atoms with Crippen molar-refractivity contribution in [2.45, 2.75) is 6.42 Å². The second-order valence-electron chi connectivity index (χ2n) is 3.16. The molecule has 0 aliphatic carbocycles. The van der Waals surface area contributed by atoms with Crippen molar-refractivity contribution < 1.29 is 12.8 Å². The molecule has 0 fully saturated rings. The zero-order chi connectivity index (χ0) is 11.5. The van der Waals surface area contributed by atoms with Gasteiger partial charge in [-0.1, -0.05) is 6.07 Å². The molecule has 1 N–H and O–H groups in total. The summed E-state index contributed by atoms with van der Waals surface area (Å²) in [6, 6.07) is 4.61. The first kappa shape index (κ1) is 12.6. The van der Waals surface area contributed by atoms with E-state index in [1.165, 1.54) is 6.07 Å². The van der Waals surface area contributed by atoms with Gasteiger partial charge in [0.15, 0.2) is 0 Å². The van der Waals surface area contributed by atoms with E-state index in [-0.39, 0.29) is 5.82 Å². The van der Waals surface area contributed by atoms with Crippen molar-refractivity contribution in [3.05, 3.63) is 34.1 Å². The van der Waals surface area contributed by atoms with Gasteiger partial charge < -0.3 is 0 Å². The highest BCUT2D eigenvalue weighted by molar-refractivity contribution is 9.10. The number of nitrogens with one attached hydrogen (secondary N) is 1. The lowest BCUT2D eigenvalue weighted by Gasteiger charge is -2.03. The van der Waals surface area contributed by atoms with Crippen molar-refractivity contribution in [2.75, 3.05) is 12.8 Å². The van der Waals surface area contributed by atoms with E-state index in [0.717, 1.165) is 11.8 Å². The first-order chi connectivity index (χ1) is 6.88. The van der Waals surface area contributed by atoms with Crippen LogP contribution >= 0.6 is 15.9 Å². The summed E-state index contributed by atoms with van der Waals surface area (Å²) < 4.78 is 37.1. The first-order valence-corrected chi connectivity index (χ1v) is 6.95. The Bertz CT molecular complexity index is 447. The van der Waals surface area contributed by atoms with Gasteiger partial charge in [-0.2, -0.15) is 0 Å². The van der Waals surface area contributed by atoms with Crippen LogP contribution < -0.4 is 4.72 Å². The van der Waals surface area contributed by atoms with E-state index in [9.17, 15) is 12.8 Å². The fraction of sp³-hybridized carbons (Fsp3) is 0.333. The van der Waals surface area contributed by atoms with Gasteiger partial charge in [-0.05, 0) is 40.0 Å². The zero-order valence-corrected chi connectivity index (χ0v) is 10.5. The van der Waals surface area contributed by atoms with Crippen LogP contribution in [0.15, 0.2) is 22.7 Å². The van der Waals surface area contributed by atoms with Gasteiger partial charge in [-0.3, -0.25) is 0 Å². The Morgan fingerprint density at radius 2 is 2.13 bits per heavy atom. The third-order valence-corrected chi connectivity index (χ3v) is 3.10. The molecular formula is C9H11BrFNO2S. The third-order valence-electron chi connectivity index (χ3n) is 1.76. The molecule has 0 saturated heterocycles. The number of rotatable bonds is 4. The Kier molecular flexibility index (Phi) is 4.24. The summed E-state index contributed by atoms with van der Waals surface area (Å²) in [7, 11) is -3.15. The number of halogens is 2. The molecule has 0 spiro atoms. The standard InChI is InChI=1S/C9H11BrFNO2S/c1-15(13,14)12-5-4-7-2-3-9(11)8(10)6-7/h2-3,6,12H,4-5H2,1H3. The van der Waals surface area contributed by atoms with E-state index in [1.54, 1.807) is 12.1 Å². The molecule has 0 aliphatic heterocycles. The average molecular weight is 296 g/mol. The smallest absolute Gasteiger partial charge is 0.208 e. The molecule has 1 rings (SSSR count). The SMILES string of the molecule is CS(=O)(=O)NCCc1ccc(F)c(Br)c1. The van der Waals surface area contributed by atoms with Crippen LogP contribution in [0.25, 0.3) is 0 Å². The third kappa shape index (κ3) is 4.72. The highest BCUT2D eigenvalue weighted by atomic mass is 79.9. The molecule has 0 amide bonds. The van der Waals surface area contributed by atoms with Gasteiger partial charge in [0.1, 0.15) is 5.82 Å². The zero-order valence-electron chi connectivity index (χ0n) is 8.13. The van der Waals surface area contributed by atoms with E-state index in [4.69, 9.17) is 0 Å². The largest absolute Gasteiger partial charge is 0.215 e. The van der Waals surface area contributed by atoms with Gasteiger partial charge in [0.2, 0.25) is 10.0 Å². The molecule has 3 nitrogen and oxygen atoms in total. The minimum Gasteiger partial charge on any atom is -0.215 e. The maximum absolute atomic E-state index is 12.9. The second-order valence-corrected chi connectivity index (χ2v) is 5.85. The average Bonchev–Trinajstić information content (AvgIpc) is 2.09. The van der Waals surface area contributed by atoms with Crippen LogP contribution in [0, 0.1) is 5.82 Å². The normalized spacial score (nSPS) is 11.7. The lowest BCUT2D eigenvalue weighted by molar-refractivity contribution is 0.587. The lowest BCUT2D eigenvalue weighted by Crippen LogP contribution is -2.24. The van der Waals surface area contributed by atoms with E-state index < -0.39 is 10.0 Å². The van der Waals surface area contributed by atoms with Gasteiger partial charge in [-0.15, -0.1) is 0 Å². The quantitative estimate of drug-likeness (QED) is 0.919. The summed E-state index contributed by atoms with van der Waals surface area (Å²) in [5.74, 6) is -0.324. The number of benzene rings is 1. The Labute approximate surface area is 96.9 Å². The van der Waals surface area contributed by atoms with E-state index >= 15 is 0 Å². The van der Waals surface area contributed by atoms with Crippen LogP contribution in [0.2, 0.25) is 0 Å². The number of sulfonamides is 1. The fourth-order valence-electron chi connectivity index (χ4n) is 1.08. The molecule has 0 radical (unpaired) electrons. The van der Waals surface area contributed by atoms with E-state index in [0.29, 0.717) is 17.4 Å². The van der Waals surface area contributed by atoms with E-state index in [1.807, 2.05) is 0 Å². The molecule has 0 heterocycles. The number of hydrogen-bond acceptors (Lipinski definition) is 2. The molecule has 0 saturated carbocycles. The van der Waals surface area contributed by atoms with Gasteiger partial charge in [0, 0.05) is 6.54 Å². The molecule has 1 aromatic rings. The summed E-state index contributed by atoms with van der Waals surface area (Å²) in [4.78, 5) is 0. The van der Waals surface area contributed by atoms with Crippen LogP contribution in [0.3, 0.4) is 0 Å². The highest BCUT2D eigenvalue weighted by Gasteiger charge is 2.02. The Balaban J connectivity index is 2.55. The second kappa shape index (κ2) is 5.05. The summed E-state index contributed by atoms with van der Waals surface area (Å²) in [5.41, 5.74) is 0.874. The highest BCUT2D eigenvalue weighted by Crippen LogP contribution is 2.16. The first-order valence-electron chi connectivity index (χ1n) is 4.27. The molecule has 0 aromatic heterocycles.